The first-order valence-electron chi connectivity index (χ1n) is 8.58. The summed E-state index contributed by atoms with van der Waals surface area (Å²) in [6, 6.07) is 10.2. The van der Waals surface area contributed by atoms with Gasteiger partial charge in [-0.25, -0.2) is 4.98 Å². The van der Waals surface area contributed by atoms with E-state index < -0.39 is 0 Å². The van der Waals surface area contributed by atoms with E-state index in [1.807, 2.05) is 18.2 Å². The van der Waals surface area contributed by atoms with Gasteiger partial charge in [0.25, 0.3) is 0 Å². The van der Waals surface area contributed by atoms with Gasteiger partial charge < -0.3 is 16.0 Å². The molecule has 24 heavy (non-hydrogen) atoms. The van der Waals surface area contributed by atoms with Crippen LogP contribution >= 0.6 is 11.3 Å². The van der Waals surface area contributed by atoms with Crippen molar-refractivity contribution in [2.24, 2.45) is 4.99 Å². The number of aromatic nitrogens is 1. The van der Waals surface area contributed by atoms with Gasteiger partial charge in [-0.05, 0) is 49.8 Å². The van der Waals surface area contributed by atoms with Crippen LogP contribution in [0.4, 0.5) is 5.82 Å². The highest BCUT2D eigenvalue weighted by Crippen LogP contribution is 2.08. The molecule has 130 valence electrons. The lowest BCUT2D eigenvalue weighted by Crippen LogP contribution is -2.38. The van der Waals surface area contributed by atoms with Crippen molar-refractivity contribution in [2.75, 3.05) is 31.5 Å². The number of hydrogen-bond acceptors (Lipinski definition) is 4. The third-order valence-corrected chi connectivity index (χ3v) is 4.35. The summed E-state index contributed by atoms with van der Waals surface area (Å²) < 4.78 is 0. The minimum absolute atomic E-state index is 0.832. The van der Waals surface area contributed by atoms with Crippen LogP contribution in [0.15, 0.2) is 46.9 Å². The highest BCUT2D eigenvalue weighted by molar-refractivity contribution is 7.09. The highest BCUT2D eigenvalue weighted by atomic mass is 32.1. The van der Waals surface area contributed by atoms with Crippen LogP contribution < -0.4 is 16.0 Å². The molecule has 6 heteroatoms. The summed E-state index contributed by atoms with van der Waals surface area (Å²) in [7, 11) is 0. The number of nitrogens with one attached hydrogen (secondary N) is 3. The van der Waals surface area contributed by atoms with Gasteiger partial charge in [0.2, 0.25) is 0 Å². The van der Waals surface area contributed by atoms with E-state index in [0.717, 1.165) is 57.2 Å². The summed E-state index contributed by atoms with van der Waals surface area (Å²) in [5, 5.41) is 12.1. The minimum atomic E-state index is 0.832. The summed E-state index contributed by atoms with van der Waals surface area (Å²) in [6.07, 6.45) is 4.98. The fraction of sp³-hybridized carbons (Fsp3) is 0.444. The third-order valence-electron chi connectivity index (χ3n) is 3.41. The highest BCUT2D eigenvalue weighted by Gasteiger charge is 1.98. The van der Waals surface area contributed by atoms with Crippen molar-refractivity contribution in [3.05, 3.63) is 46.8 Å². The fourth-order valence-electron chi connectivity index (χ4n) is 2.21. The normalized spacial score (nSPS) is 11.3. The molecule has 0 atom stereocenters. The van der Waals surface area contributed by atoms with Gasteiger partial charge in [-0.3, -0.25) is 4.99 Å². The van der Waals surface area contributed by atoms with Crippen LogP contribution in [0.1, 0.15) is 24.6 Å². The number of nitrogens with zero attached hydrogens (tertiary/aromatic N) is 2. The molecule has 0 unspecified atom stereocenters. The molecular weight excluding hydrogens is 318 g/mol. The Hall–Kier alpha value is -2.08. The minimum Gasteiger partial charge on any atom is -0.370 e. The van der Waals surface area contributed by atoms with E-state index in [1.54, 1.807) is 17.5 Å². The number of unbranched alkanes of at least 4 members (excludes halogenated alkanes) is 1. The van der Waals surface area contributed by atoms with Crippen molar-refractivity contribution in [1.82, 2.24) is 15.6 Å². The molecular formula is C18H27N5S. The molecule has 0 amide bonds. The maximum absolute atomic E-state index is 4.63. The number of pyridine rings is 1. The van der Waals surface area contributed by atoms with Crippen LogP contribution in [0.5, 0.6) is 0 Å². The van der Waals surface area contributed by atoms with Crippen LogP contribution in [-0.2, 0) is 6.42 Å². The quantitative estimate of drug-likeness (QED) is 0.352. The lowest BCUT2D eigenvalue weighted by Gasteiger charge is -2.11. The van der Waals surface area contributed by atoms with Gasteiger partial charge in [-0.15, -0.1) is 11.3 Å². The first kappa shape index (κ1) is 18.3. The van der Waals surface area contributed by atoms with Crippen LogP contribution in [0.3, 0.4) is 0 Å². The van der Waals surface area contributed by atoms with Crippen molar-refractivity contribution in [3.8, 4) is 0 Å². The first-order chi connectivity index (χ1) is 11.9. The lowest BCUT2D eigenvalue weighted by atomic mass is 10.3. The van der Waals surface area contributed by atoms with Crippen molar-refractivity contribution >= 4 is 23.1 Å². The molecule has 0 aliphatic carbocycles. The predicted octanol–water partition coefficient (Wildman–Crippen LogP) is 3.13. The van der Waals surface area contributed by atoms with E-state index in [4.69, 9.17) is 0 Å². The molecule has 2 aromatic heterocycles. The molecule has 0 saturated heterocycles. The van der Waals surface area contributed by atoms with Gasteiger partial charge in [-0.1, -0.05) is 12.1 Å². The molecule has 0 radical (unpaired) electrons. The van der Waals surface area contributed by atoms with Crippen LogP contribution in [-0.4, -0.2) is 37.1 Å². The molecule has 0 fully saturated rings. The molecule has 0 saturated carbocycles. The second-order valence-electron chi connectivity index (χ2n) is 5.37. The van der Waals surface area contributed by atoms with Gasteiger partial charge in [0, 0.05) is 37.3 Å². The first-order valence-corrected chi connectivity index (χ1v) is 9.46. The van der Waals surface area contributed by atoms with E-state index in [1.165, 1.54) is 4.88 Å². The van der Waals surface area contributed by atoms with Gasteiger partial charge in [0.1, 0.15) is 5.82 Å². The molecule has 2 aromatic rings. The second-order valence-corrected chi connectivity index (χ2v) is 6.40. The topological polar surface area (TPSA) is 61.3 Å². The number of hydrogen-bond donors (Lipinski definition) is 3. The third kappa shape index (κ3) is 7.46. The standard InChI is InChI=1S/C18H27N5S/c1-2-19-18(23-14-10-16-8-7-15-24-16)22-13-6-5-12-21-17-9-3-4-11-20-17/h3-4,7-9,11,15H,2,5-6,10,12-14H2,1H3,(H,20,21)(H2,19,22,23). The lowest BCUT2D eigenvalue weighted by molar-refractivity contribution is 0.751. The molecule has 0 aliphatic heterocycles. The average Bonchev–Trinajstić information content (AvgIpc) is 3.12. The molecule has 0 aliphatic rings. The van der Waals surface area contributed by atoms with E-state index in [-0.39, 0.29) is 0 Å². The maximum Gasteiger partial charge on any atom is 0.191 e. The monoisotopic (exact) mass is 345 g/mol. The van der Waals surface area contributed by atoms with Crippen LogP contribution in [0.2, 0.25) is 0 Å². The Kier molecular flexibility index (Phi) is 8.72. The molecule has 2 rings (SSSR count). The van der Waals surface area contributed by atoms with E-state index in [2.05, 4.69) is 50.4 Å². The van der Waals surface area contributed by atoms with Crippen molar-refractivity contribution in [2.45, 2.75) is 26.2 Å². The van der Waals surface area contributed by atoms with Gasteiger partial charge in [0.05, 0.1) is 0 Å². The molecule has 0 aromatic carbocycles. The fourth-order valence-corrected chi connectivity index (χ4v) is 2.92. The van der Waals surface area contributed by atoms with E-state index in [9.17, 15) is 0 Å². The molecule has 5 nitrogen and oxygen atoms in total. The van der Waals surface area contributed by atoms with Gasteiger partial charge in [-0.2, -0.15) is 0 Å². The summed E-state index contributed by atoms with van der Waals surface area (Å²) >= 11 is 1.80. The number of guanidine groups is 1. The zero-order valence-electron chi connectivity index (χ0n) is 14.3. The Morgan fingerprint density at radius 2 is 2.08 bits per heavy atom. The second kappa shape index (κ2) is 11.5. The Morgan fingerprint density at radius 1 is 1.12 bits per heavy atom. The van der Waals surface area contributed by atoms with Crippen molar-refractivity contribution < 1.29 is 0 Å². The Balaban J connectivity index is 1.59. The summed E-state index contributed by atoms with van der Waals surface area (Å²) in [5.74, 6) is 1.84. The Morgan fingerprint density at radius 3 is 2.83 bits per heavy atom. The van der Waals surface area contributed by atoms with Crippen molar-refractivity contribution in [3.63, 3.8) is 0 Å². The van der Waals surface area contributed by atoms with Crippen LogP contribution in [0, 0.1) is 0 Å². The Bertz CT molecular complexity index is 568. The summed E-state index contributed by atoms with van der Waals surface area (Å²) in [4.78, 5) is 10.3. The molecule has 2 heterocycles. The molecule has 0 spiro atoms. The number of rotatable bonds is 10. The van der Waals surface area contributed by atoms with Gasteiger partial charge in [0.15, 0.2) is 5.96 Å². The number of anilines is 1. The number of thiophene rings is 1. The Labute approximate surface area is 148 Å². The smallest absolute Gasteiger partial charge is 0.191 e. The van der Waals surface area contributed by atoms with Crippen molar-refractivity contribution in [1.29, 1.82) is 0 Å². The zero-order valence-corrected chi connectivity index (χ0v) is 15.1. The maximum atomic E-state index is 4.63. The average molecular weight is 346 g/mol. The summed E-state index contributed by atoms with van der Waals surface area (Å²) in [6.45, 7) is 5.64. The van der Waals surface area contributed by atoms with E-state index >= 15 is 0 Å². The summed E-state index contributed by atoms with van der Waals surface area (Å²) in [5.41, 5.74) is 0. The SMILES string of the molecule is CCNC(=NCCCCNc1ccccn1)NCCc1cccs1. The predicted molar refractivity (Wildman–Crippen MR) is 104 cm³/mol. The zero-order chi connectivity index (χ0) is 16.9. The number of aliphatic imine (C=N–C) groups is 1. The largest absolute Gasteiger partial charge is 0.370 e. The van der Waals surface area contributed by atoms with E-state index in [0.29, 0.717) is 0 Å². The molecule has 0 bridgehead atoms. The van der Waals surface area contributed by atoms with Crippen LogP contribution in [0.25, 0.3) is 0 Å². The molecule has 3 N–H and O–H groups in total. The van der Waals surface area contributed by atoms with Gasteiger partial charge >= 0.3 is 0 Å².